The van der Waals surface area contributed by atoms with Gasteiger partial charge in [-0.3, -0.25) is 4.79 Å². The van der Waals surface area contributed by atoms with E-state index < -0.39 is 0 Å². The summed E-state index contributed by atoms with van der Waals surface area (Å²) in [6.45, 7) is 7.91. The summed E-state index contributed by atoms with van der Waals surface area (Å²) in [7, 11) is 0. The molecule has 1 saturated heterocycles. The third kappa shape index (κ3) is 3.65. The minimum Gasteiger partial charge on any atom is -0.355 e. The Morgan fingerprint density at radius 1 is 0.926 bits per heavy atom. The molecule has 0 atom stereocenters. The van der Waals surface area contributed by atoms with Gasteiger partial charge in [-0.1, -0.05) is 17.7 Å². The fourth-order valence-corrected chi connectivity index (χ4v) is 3.84. The summed E-state index contributed by atoms with van der Waals surface area (Å²) < 4.78 is 0. The third-order valence-corrected chi connectivity index (χ3v) is 5.08. The average molecular weight is 359 g/mol. The Morgan fingerprint density at radius 3 is 2.33 bits per heavy atom. The van der Waals surface area contributed by atoms with E-state index in [0.717, 1.165) is 48.2 Å². The number of fused-ring (bicyclic) bond motifs is 1. The molecule has 3 aromatic rings. The maximum atomic E-state index is 12.9. The highest BCUT2D eigenvalue weighted by atomic mass is 16.2. The molecule has 4 rings (SSSR count). The minimum absolute atomic E-state index is 0.0263. The number of carbonyl (C=O) groups is 1. The van der Waals surface area contributed by atoms with Crippen LogP contribution in [-0.2, 0) is 0 Å². The second-order valence-corrected chi connectivity index (χ2v) is 7.58. The van der Waals surface area contributed by atoms with Gasteiger partial charge >= 0.3 is 0 Å². The Morgan fingerprint density at radius 2 is 1.63 bits per heavy atom. The number of hydrogen-bond donors (Lipinski definition) is 1. The molecule has 1 aliphatic rings. The Bertz CT molecular complexity index is 999. The second kappa shape index (κ2) is 7.03. The fourth-order valence-electron chi connectivity index (χ4n) is 3.84. The van der Waals surface area contributed by atoms with E-state index in [0.29, 0.717) is 5.69 Å². The van der Waals surface area contributed by atoms with Gasteiger partial charge in [-0.25, -0.2) is 4.98 Å². The lowest BCUT2D eigenvalue weighted by atomic mass is 10.1. The van der Waals surface area contributed by atoms with Crippen LogP contribution in [0.25, 0.3) is 10.9 Å². The molecule has 4 nitrogen and oxygen atoms in total. The maximum absolute atomic E-state index is 12.9. The summed E-state index contributed by atoms with van der Waals surface area (Å²) in [5.41, 5.74) is 6.90. The number of pyridine rings is 1. The summed E-state index contributed by atoms with van der Waals surface area (Å²) in [6, 6.07) is 14.5. The van der Waals surface area contributed by atoms with Crippen molar-refractivity contribution in [1.82, 2.24) is 9.88 Å². The first-order chi connectivity index (χ1) is 13.0. The van der Waals surface area contributed by atoms with Gasteiger partial charge in [0.25, 0.3) is 5.91 Å². The molecule has 0 radical (unpaired) electrons. The molecule has 2 heterocycles. The predicted octanol–water partition coefficient (Wildman–Crippen LogP) is 5.14. The molecule has 138 valence electrons. The zero-order valence-electron chi connectivity index (χ0n) is 16.2. The zero-order chi connectivity index (χ0) is 19.0. The van der Waals surface area contributed by atoms with Gasteiger partial charge in [-0.15, -0.1) is 0 Å². The number of amides is 1. The molecule has 0 bridgehead atoms. The van der Waals surface area contributed by atoms with E-state index in [4.69, 9.17) is 0 Å². The summed E-state index contributed by atoms with van der Waals surface area (Å²) in [4.78, 5) is 19.5. The van der Waals surface area contributed by atoms with E-state index in [1.165, 1.54) is 16.7 Å². The predicted molar refractivity (Wildman–Crippen MR) is 111 cm³/mol. The fraction of sp³-hybridized carbons (Fsp3) is 0.304. The van der Waals surface area contributed by atoms with Crippen LogP contribution in [0.3, 0.4) is 0 Å². The van der Waals surface area contributed by atoms with Crippen LogP contribution in [0, 0.1) is 20.8 Å². The molecular weight excluding hydrogens is 334 g/mol. The smallest absolute Gasteiger partial charge is 0.272 e. The zero-order valence-corrected chi connectivity index (χ0v) is 16.2. The van der Waals surface area contributed by atoms with E-state index >= 15 is 0 Å². The van der Waals surface area contributed by atoms with E-state index in [1.807, 2.05) is 23.1 Å². The molecule has 27 heavy (non-hydrogen) atoms. The third-order valence-electron chi connectivity index (χ3n) is 5.08. The van der Waals surface area contributed by atoms with E-state index in [1.54, 1.807) is 0 Å². The van der Waals surface area contributed by atoms with Gasteiger partial charge in [0.15, 0.2) is 0 Å². The van der Waals surface area contributed by atoms with Crippen molar-refractivity contribution in [2.75, 3.05) is 18.4 Å². The topological polar surface area (TPSA) is 45.2 Å². The molecule has 0 saturated carbocycles. The van der Waals surface area contributed by atoms with Crippen molar-refractivity contribution >= 4 is 28.2 Å². The van der Waals surface area contributed by atoms with Crippen LogP contribution in [0.2, 0.25) is 0 Å². The maximum Gasteiger partial charge on any atom is 0.272 e. The highest BCUT2D eigenvalue weighted by molar-refractivity contribution is 6.01. The number of benzene rings is 2. The average Bonchev–Trinajstić information content (AvgIpc) is 3.15. The second-order valence-electron chi connectivity index (χ2n) is 7.58. The van der Waals surface area contributed by atoms with Gasteiger partial charge < -0.3 is 10.2 Å². The Hall–Kier alpha value is -2.88. The van der Waals surface area contributed by atoms with Crippen molar-refractivity contribution in [1.29, 1.82) is 0 Å². The molecule has 2 aromatic carbocycles. The van der Waals surface area contributed by atoms with Gasteiger partial charge in [0.05, 0.1) is 11.2 Å². The first-order valence-electron chi connectivity index (χ1n) is 9.55. The number of nitrogens with zero attached hydrogens (tertiary/aromatic N) is 2. The van der Waals surface area contributed by atoms with Gasteiger partial charge in [0.1, 0.15) is 5.69 Å². The number of carbonyl (C=O) groups excluding carboxylic acids is 1. The first-order valence-corrected chi connectivity index (χ1v) is 9.55. The molecule has 0 spiro atoms. The lowest BCUT2D eigenvalue weighted by molar-refractivity contribution is 0.0787. The van der Waals surface area contributed by atoms with E-state index in [9.17, 15) is 4.79 Å². The van der Waals surface area contributed by atoms with Crippen molar-refractivity contribution in [2.24, 2.45) is 0 Å². The number of nitrogens with one attached hydrogen (secondary N) is 1. The Kier molecular flexibility index (Phi) is 4.56. The summed E-state index contributed by atoms with van der Waals surface area (Å²) in [5, 5.41) is 4.57. The summed E-state index contributed by atoms with van der Waals surface area (Å²) in [5.74, 6) is 0.0263. The van der Waals surface area contributed by atoms with Gasteiger partial charge in [-0.2, -0.15) is 0 Å². The number of likely N-dealkylation sites (tertiary alicyclic amines) is 1. The van der Waals surface area contributed by atoms with Crippen LogP contribution in [0.5, 0.6) is 0 Å². The molecule has 0 aliphatic carbocycles. The monoisotopic (exact) mass is 359 g/mol. The number of anilines is 2. The van der Waals surface area contributed by atoms with Gasteiger partial charge in [-0.05, 0) is 75.1 Å². The van der Waals surface area contributed by atoms with Crippen LogP contribution < -0.4 is 5.32 Å². The molecule has 1 aliphatic heterocycles. The van der Waals surface area contributed by atoms with Gasteiger partial charge in [0, 0.05) is 24.2 Å². The van der Waals surface area contributed by atoms with Crippen LogP contribution >= 0.6 is 0 Å². The van der Waals surface area contributed by atoms with Crippen molar-refractivity contribution in [3.8, 4) is 0 Å². The van der Waals surface area contributed by atoms with Crippen LogP contribution in [0.1, 0.15) is 40.0 Å². The van der Waals surface area contributed by atoms with E-state index in [2.05, 4.69) is 55.3 Å². The molecule has 0 unspecified atom stereocenters. The summed E-state index contributed by atoms with van der Waals surface area (Å²) >= 11 is 0. The van der Waals surface area contributed by atoms with E-state index in [-0.39, 0.29) is 5.91 Å². The standard InChI is InChI=1S/C23H25N3O/c1-15-6-7-20-19(13-15)21(24-18-11-16(2)10-17(3)12-18)14-22(25-20)23(27)26-8-4-5-9-26/h6-7,10-14H,4-5,8-9H2,1-3H3,(H,24,25). The number of rotatable bonds is 3. The molecule has 1 fully saturated rings. The number of hydrogen-bond acceptors (Lipinski definition) is 3. The Labute approximate surface area is 160 Å². The van der Waals surface area contributed by atoms with Crippen LogP contribution in [0.4, 0.5) is 11.4 Å². The molecule has 4 heteroatoms. The molecular formula is C23H25N3O. The van der Waals surface area contributed by atoms with Crippen LogP contribution in [0.15, 0.2) is 42.5 Å². The van der Waals surface area contributed by atoms with Gasteiger partial charge in [0.2, 0.25) is 0 Å². The number of aromatic nitrogens is 1. The Balaban J connectivity index is 1.80. The normalized spacial score (nSPS) is 14.0. The lowest BCUT2D eigenvalue weighted by Gasteiger charge is -2.17. The van der Waals surface area contributed by atoms with Crippen molar-refractivity contribution in [2.45, 2.75) is 33.6 Å². The quantitative estimate of drug-likeness (QED) is 0.704. The SMILES string of the molecule is Cc1cc(C)cc(Nc2cc(C(=O)N3CCCC3)nc3ccc(C)cc23)c1. The first kappa shape index (κ1) is 17.5. The largest absolute Gasteiger partial charge is 0.355 e. The highest BCUT2D eigenvalue weighted by Gasteiger charge is 2.22. The highest BCUT2D eigenvalue weighted by Crippen LogP contribution is 2.29. The minimum atomic E-state index is 0.0263. The molecule has 1 N–H and O–H groups in total. The van der Waals surface area contributed by atoms with Crippen molar-refractivity contribution in [3.63, 3.8) is 0 Å². The van der Waals surface area contributed by atoms with Crippen molar-refractivity contribution < 1.29 is 4.79 Å². The molecule has 1 amide bonds. The molecule has 1 aromatic heterocycles. The van der Waals surface area contributed by atoms with Crippen molar-refractivity contribution in [3.05, 3.63) is 64.8 Å². The van der Waals surface area contributed by atoms with Crippen LogP contribution in [-0.4, -0.2) is 28.9 Å². The summed E-state index contributed by atoms with van der Waals surface area (Å²) in [6.07, 6.45) is 2.15. The lowest BCUT2D eigenvalue weighted by Crippen LogP contribution is -2.28. The number of aryl methyl sites for hydroxylation is 3.